The number of carbonyl (C=O) groups excluding carboxylic acids is 2. The zero-order valence-corrected chi connectivity index (χ0v) is 11.4. The summed E-state index contributed by atoms with van der Waals surface area (Å²) >= 11 is 0. The van der Waals surface area contributed by atoms with E-state index in [9.17, 15) is 14.4 Å². The van der Waals surface area contributed by atoms with Gasteiger partial charge in [-0.05, 0) is 13.0 Å². The highest BCUT2D eigenvalue weighted by Crippen LogP contribution is 2.27. The van der Waals surface area contributed by atoms with Gasteiger partial charge in [0.25, 0.3) is 0 Å². The van der Waals surface area contributed by atoms with Crippen molar-refractivity contribution in [1.29, 1.82) is 0 Å². The first-order chi connectivity index (χ1) is 9.97. The molecule has 0 atom stereocenters. The van der Waals surface area contributed by atoms with Crippen LogP contribution >= 0.6 is 0 Å². The first kappa shape index (κ1) is 14.9. The summed E-state index contributed by atoms with van der Waals surface area (Å²) in [7, 11) is 0. The van der Waals surface area contributed by atoms with Gasteiger partial charge in [0, 0.05) is 40.9 Å². The maximum absolute atomic E-state index is 12.4. The third-order valence-electron chi connectivity index (χ3n) is 3.38. The summed E-state index contributed by atoms with van der Waals surface area (Å²) in [6.07, 6.45) is 1.10. The van der Waals surface area contributed by atoms with Gasteiger partial charge in [-0.15, -0.1) is 0 Å². The smallest absolute Gasteiger partial charge is 0.331 e. The van der Waals surface area contributed by atoms with Gasteiger partial charge in [0.05, 0.1) is 0 Å². The van der Waals surface area contributed by atoms with Gasteiger partial charge in [-0.25, -0.2) is 4.79 Å². The van der Waals surface area contributed by atoms with Gasteiger partial charge in [-0.2, -0.15) is 0 Å². The first-order valence-corrected chi connectivity index (χ1v) is 6.41. The third kappa shape index (κ3) is 2.68. The molecule has 0 heterocycles. The van der Waals surface area contributed by atoms with E-state index in [1.165, 1.54) is 13.0 Å². The van der Waals surface area contributed by atoms with Crippen molar-refractivity contribution in [3.63, 3.8) is 0 Å². The predicted molar refractivity (Wildman–Crippen MR) is 75.2 cm³/mol. The van der Waals surface area contributed by atoms with Crippen molar-refractivity contribution in [3.05, 3.63) is 58.2 Å². The Labute approximate surface area is 121 Å². The lowest BCUT2D eigenvalue weighted by molar-refractivity contribution is -0.132. The SMILES string of the molecule is CC1=C(/C=C(\CCO)C(=O)O)C(=O)c2ccccc2C1=O. The average Bonchev–Trinajstić information content (AvgIpc) is 2.48. The largest absolute Gasteiger partial charge is 0.478 e. The Morgan fingerprint density at radius 2 is 1.71 bits per heavy atom. The second-order valence-electron chi connectivity index (χ2n) is 4.69. The molecule has 0 fully saturated rings. The highest BCUT2D eigenvalue weighted by atomic mass is 16.4. The molecule has 2 N–H and O–H groups in total. The maximum atomic E-state index is 12.4. The Balaban J connectivity index is 2.57. The molecule has 1 aliphatic rings. The van der Waals surface area contributed by atoms with Crippen LogP contribution in [0.25, 0.3) is 0 Å². The van der Waals surface area contributed by atoms with Crippen molar-refractivity contribution in [2.24, 2.45) is 0 Å². The number of hydrogen-bond donors (Lipinski definition) is 2. The maximum Gasteiger partial charge on any atom is 0.331 e. The number of carboxylic acid groups (broad SMARTS) is 1. The van der Waals surface area contributed by atoms with Crippen LogP contribution in [-0.2, 0) is 4.79 Å². The van der Waals surface area contributed by atoms with Crippen molar-refractivity contribution >= 4 is 17.5 Å². The fourth-order valence-electron chi connectivity index (χ4n) is 2.23. The molecule has 0 aromatic heterocycles. The molecule has 0 radical (unpaired) electrons. The second kappa shape index (κ2) is 5.85. The van der Waals surface area contributed by atoms with E-state index in [4.69, 9.17) is 10.2 Å². The summed E-state index contributed by atoms with van der Waals surface area (Å²) in [4.78, 5) is 35.8. The zero-order chi connectivity index (χ0) is 15.6. The van der Waals surface area contributed by atoms with Gasteiger partial charge >= 0.3 is 5.97 Å². The van der Waals surface area contributed by atoms with Crippen LogP contribution in [0.2, 0.25) is 0 Å². The molecule has 0 unspecified atom stereocenters. The Bertz CT molecular complexity index is 694. The molecule has 0 saturated carbocycles. The summed E-state index contributed by atoms with van der Waals surface area (Å²) < 4.78 is 0. The molecule has 21 heavy (non-hydrogen) atoms. The van der Waals surface area contributed by atoms with Crippen LogP contribution in [0.3, 0.4) is 0 Å². The zero-order valence-electron chi connectivity index (χ0n) is 11.4. The van der Waals surface area contributed by atoms with Gasteiger partial charge < -0.3 is 10.2 Å². The van der Waals surface area contributed by atoms with Gasteiger partial charge in [0.2, 0.25) is 0 Å². The molecule has 1 aromatic rings. The lowest BCUT2D eigenvalue weighted by atomic mass is 9.84. The Morgan fingerprint density at radius 1 is 1.14 bits per heavy atom. The van der Waals surface area contributed by atoms with Crippen LogP contribution < -0.4 is 0 Å². The van der Waals surface area contributed by atoms with Crippen molar-refractivity contribution in [1.82, 2.24) is 0 Å². The van der Waals surface area contributed by atoms with Gasteiger partial charge in [0.15, 0.2) is 11.6 Å². The molecule has 2 rings (SSSR count). The van der Waals surface area contributed by atoms with Crippen LogP contribution in [0.4, 0.5) is 0 Å². The minimum Gasteiger partial charge on any atom is -0.478 e. The van der Waals surface area contributed by atoms with Gasteiger partial charge in [-0.1, -0.05) is 24.3 Å². The number of aliphatic hydroxyl groups excluding tert-OH is 1. The van der Waals surface area contributed by atoms with E-state index in [1.807, 2.05) is 0 Å². The van der Waals surface area contributed by atoms with Crippen molar-refractivity contribution in [2.75, 3.05) is 6.61 Å². The van der Waals surface area contributed by atoms with Gasteiger partial charge in [0.1, 0.15) is 0 Å². The molecule has 108 valence electrons. The fraction of sp³-hybridized carbons (Fsp3) is 0.188. The van der Waals surface area contributed by atoms with Crippen LogP contribution in [0.15, 0.2) is 47.1 Å². The van der Waals surface area contributed by atoms with Crippen molar-refractivity contribution in [2.45, 2.75) is 13.3 Å². The fourth-order valence-corrected chi connectivity index (χ4v) is 2.23. The second-order valence-corrected chi connectivity index (χ2v) is 4.69. The molecule has 0 saturated heterocycles. The molecule has 1 aliphatic carbocycles. The summed E-state index contributed by atoms with van der Waals surface area (Å²) in [5, 5.41) is 18.0. The molecule has 1 aromatic carbocycles. The number of Topliss-reactive ketones (excluding diaryl/α,β-unsaturated/α-hetero) is 2. The minimum atomic E-state index is -1.22. The van der Waals surface area contributed by atoms with E-state index in [-0.39, 0.29) is 46.9 Å². The van der Waals surface area contributed by atoms with Crippen LogP contribution in [0.5, 0.6) is 0 Å². The average molecular weight is 286 g/mol. The van der Waals surface area contributed by atoms with E-state index < -0.39 is 5.97 Å². The first-order valence-electron chi connectivity index (χ1n) is 6.41. The van der Waals surface area contributed by atoms with Crippen molar-refractivity contribution in [3.8, 4) is 0 Å². The van der Waals surface area contributed by atoms with E-state index >= 15 is 0 Å². The van der Waals surface area contributed by atoms with E-state index in [1.54, 1.807) is 24.3 Å². The molecule has 0 bridgehead atoms. The Hall–Kier alpha value is -2.53. The molecular formula is C16H14O5. The van der Waals surface area contributed by atoms with E-state index in [0.717, 1.165) is 0 Å². The monoisotopic (exact) mass is 286 g/mol. The number of fused-ring (bicyclic) bond motifs is 1. The Morgan fingerprint density at radius 3 is 2.24 bits per heavy atom. The van der Waals surface area contributed by atoms with E-state index in [0.29, 0.717) is 5.56 Å². The van der Waals surface area contributed by atoms with Crippen LogP contribution in [0, 0.1) is 0 Å². The number of aliphatic hydroxyl groups is 1. The lowest BCUT2D eigenvalue weighted by Crippen LogP contribution is -2.20. The number of ketones is 2. The quantitative estimate of drug-likeness (QED) is 0.823. The molecule has 5 heteroatoms. The molecular weight excluding hydrogens is 272 g/mol. The Kier molecular flexibility index (Phi) is 4.14. The summed E-state index contributed by atoms with van der Waals surface area (Å²) in [5.74, 6) is -1.88. The number of benzene rings is 1. The summed E-state index contributed by atoms with van der Waals surface area (Å²) in [6, 6.07) is 6.44. The van der Waals surface area contributed by atoms with Gasteiger partial charge in [-0.3, -0.25) is 9.59 Å². The molecule has 0 aliphatic heterocycles. The van der Waals surface area contributed by atoms with Crippen LogP contribution in [0.1, 0.15) is 34.1 Å². The molecule has 0 amide bonds. The number of rotatable bonds is 4. The molecule has 0 spiro atoms. The summed E-state index contributed by atoms with van der Waals surface area (Å²) in [6.45, 7) is 1.16. The third-order valence-corrected chi connectivity index (χ3v) is 3.38. The predicted octanol–water partition coefficient (Wildman–Crippen LogP) is 1.78. The van der Waals surface area contributed by atoms with Crippen molar-refractivity contribution < 1.29 is 24.6 Å². The number of hydrogen-bond acceptors (Lipinski definition) is 4. The van der Waals surface area contributed by atoms with Crippen LogP contribution in [-0.4, -0.2) is 34.4 Å². The highest BCUT2D eigenvalue weighted by Gasteiger charge is 2.29. The minimum absolute atomic E-state index is 0.0737. The molecule has 5 nitrogen and oxygen atoms in total. The standard InChI is InChI=1S/C16H14O5/c1-9-13(8-10(6-7-17)16(20)21)15(19)12-5-3-2-4-11(12)14(9)18/h2-5,8,17H,6-7H2,1H3,(H,20,21)/b10-8+. The highest BCUT2D eigenvalue weighted by molar-refractivity contribution is 6.28. The number of aliphatic carboxylic acids is 1. The topological polar surface area (TPSA) is 91.7 Å². The lowest BCUT2D eigenvalue weighted by Gasteiger charge is -2.17. The summed E-state index contributed by atoms with van der Waals surface area (Å²) in [5.41, 5.74) is 0.789. The number of allylic oxidation sites excluding steroid dienone is 3. The van der Waals surface area contributed by atoms with E-state index in [2.05, 4.69) is 0 Å². The number of carbonyl (C=O) groups is 3. The number of carboxylic acids is 1. The normalized spacial score (nSPS) is 15.2.